The Morgan fingerprint density at radius 3 is 2.58 bits per heavy atom. The number of amides is 1. The number of carboxylic acid groups (broad SMARTS) is 1. The smallest absolute Gasteiger partial charge is 0.326 e. The number of benzene rings is 1. The summed E-state index contributed by atoms with van der Waals surface area (Å²) in [5.74, 6) is -2.72. The highest BCUT2D eigenvalue weighted by Crippen LogP contribution is 2.60. The van der Waals surface area contributed by atoms with Crippen LogP contribution in [0.15, 0.2) is 30.3 Å². The van der Waals surface area contributed by atoms with E-state index in [4.69, 9.17) is 24.0 Å². The molecule has 208 valence electrons. The molecule has 10 nitrogen and oxygen atoms in total. The van der Waals surface area contributed by atoms with Crippen molar-refractivity contribution in [2.75, 3.05) is 0 Å². The number of nitrogens with one attached hydrogen (secondary N) is 1. The van der Waals surface area contributed by atoms with Gasteiger partial charge in [-0.25, -0.2) is 14.6 Å². The molecular weight excluding hydrogens is 494 g/mol. The normalized spacial score (nSPS) is 38.4. The first-order valence-electron chi connectivity index (χ1n) is 13.6. The van der Waals surface area contributed by atoms with Crippen LogP contribution in [0.2, 0.25) is 0 Å². The lowest BCUT2D eigenvalue weighted by atomic mass is 9.58. The second kappa shape index (κ2) is 10.6. The molecule has 1 aromatic rings. The van der Waals surface area contributed by atoms with Crippen LogP contribution in [0.5, 0.6) is 0 Å². The summed E-state index contributed by atoms with van der Waals surface area (Å²) in [4.78, 5) is 48.8. The van der Waals surface area contributed by atoms with E-state index in [0.717, 1.165) is 24.8 Å². The van der Waals surface area contributed by atoms with Crippen molar-refractivity contribution < 1.29 is 43.5 Å². The van der Waals surface area contributed by atoms with Gasteiger partial charge in [-0.05, 0) is 43.6 Å². The van der Waals surface area contributed by atoms with Gasteiger partial charge in [-0.1, -0.05) is 44.2 Å². The Balaban J connectivity index is 1.19. The van der Waals surface area contributed by atoms with Crippen molar-refractivity contribution in [1.82, 2.24) is 5.32 Å². The highest BCUT2D eigenvalue weighted by atomic mass is 17.3. The summed E-state index contributed by atoms with van der Waals surface area (Å²) in [5, 5.41) is 12.0. The number of fused-ring (bicyclic) bond motifs is 2. The van der Waals surface area contributed by atoms with Crippen molar-refractivity contribution in [1.29, 1.82) is 0 Å². The van der Waals surface area contributed by atoms with E-state index in [1.807, 2.05) is 19.9 Å². The van der Waals surface area contributed by atoms with E-state index in [1.54, 1.807) is 24.3 Å². The average molecular weight is 532 g/mol. The summed E-state index contributed by atoms with van der Waals surface area (Å²) in [6, 6.07) is 7.95. The largest absolute Gasteiger partial charge is 0.480 e. The second-order valence-electron chi connectivity index (χ2n) is 11.4. The number of hydrogen-bond donors (Lipinski definition) is 2. The molecule has 1 amide bonds. The van der Waals surface area contributed by atoms with Crippen LogP contribution in [0.4, 0.5) is 0 Å². The first-order chi connectivity index (χ1) is 18.1. The molecule has 1 saturated carbocycles. The van der Waals surface area contributed by atoms with E-state index in [1.165, 1.54) is 0 Å². The van der Waals surface area contributed by atoms with Crippen molar-refractivity contribution in [2.24, 2.45) is 23.7 Å². The summed E-state index contributed by atoms with van der Waals surface area (Å²) in [6.07, 6.45) is 1.67. The standard InChI is InChI=1S/C28H37NO9/c1-16-9-10-20-17(2)25(35-26-28(20)19(16)13-14-27(3,36-26)37-38-28)34-23(31)12-11-22(30)29-21(24(32)33)15-18-7-5-4-6-8-18/h4-8,16-17,19-21,25-26H,9-15H2,1-3H3,(H,29,30)(H,32,33)/t16-,17-,19+,20+,21?,25-,26-,27?,28?/m1/s1. The second-order valence-corrected chi connectivity index (χ2v) is 11.4. The van der Waals surface area contributed by atoms with Gasteiger partial charge in [0.05, 0.1) is 6.42 Å². The molecule has 4 aliphatic heterocycles. The Hall–Kier alpha value is -2.53. The van der Waals surface area contributed by atoms with Crippen molar-refractivity contribution in [3.05, 3.63) is 35.9 Å². The number of hydrogen-bond acceptors (Lipinski definition) is 8. The molecule has 0 radical (unpaired) electrons. The predicted molar refractivity (Wildman–Crippen MR) is 132 cm³/mol. The molecular formula is C28H37NO9. The molecule has 38 heavy (non-hydrogen) atoms. The van der Waals surface area contributed by atoms with E-state index >= 15 is 0 Å². The van der Waals surface area contributed by atoms with E-state index in [2.05, 4.69) is 12.2 Å². The van der Waals surface area contributed by atoms with Gasteiger partial charge in [0.15, 0.2) is 11.9 Å². The predicted octanol–water partition coefficient (Wildman–Crippen LogP) is 3.33. The maximum atomic E-state index is 12.8. The molecule has 2 N–H and O–H groups in total. The molecule has 9 atom stereocenters. The average Bonchev–Trinajstić information content (AvgIpc) is 3.12. The van der Waals surface area contributed by atoms with Crippen LogP contribution in [0.3, 0.4) is 0 Å². The van der Waals surface area contributed by atoms with E-state index in [9.17, 15) is 19.5 Å². The Kier molecular flexibility index (Phi) is 7.52. The monoisotopic (exact) mass is 531 g/mol. The Morgan fingerprint density at radius 1 is 1.08 bits per heavy atom. The van der Waals surface area contributed by atoms with Crippen molar-refractivity contribution in [2.45, 2.75) is 95.7 Å². The Morgan fingerprint density at radius 2 is 1.84 bits per heavy atom. The number of esters is 1. The van der Waals surface area contributed by atoms with Crippen molar-refractivity contribution in [3.63, 3.8) is 0 Å². The van der Waals surface area contributed by atoms with Gasteiger partial charge >= 0.3 is 11.9 Å². The Labute approximate surface area is 222 Å². The van der Waals surface area contributed by atoms with Gasteiger partial charge in [-0.3, -0.25) is 9.59 Å². The first kappa shape index (κ1) is 27.1. The lowest BCUT2D eigenvalue weighted by molar-refractivity contribution is -0.576. The van der Waals surface area contributed by atoms with Gasteiger partial charge in [0.2, 0.25) is 18.0 Å². The molecule has 6 rings (SSSR count). The SMILES string of the molecule is C[C@H]1[C@H](OC(=O)CCC(=O)NC(Cc2ccccc2)C(=O)O)O[C@@H]2OC3(C)CC[C@H]4[C@H](C)CC[C@@H]1C24OO3. The fourth-order valence-corrected chi connectivity index (χ4v) is 6.73. The van der Waals surface area contributed by atoms with Gasteiger partial charge in [0, 0.05) is 31.1 Å². The maximum Gasteiger partial charge on any atom is 0.326 e. The van der Waals surface area contributed by atoms with Crippen LogP contribution < -0.4 is 5.32 Å². The molecule has 10 heteroatoms. The van der Waals surface area contributed by atoms with Crippen molar-refractivity contribution >= 4 is 17.8 Å². The lowest BCUT2D eigenvalue weighted by Crippen LogP contribution is -2.70. The maximum absolute atomic E-state index is 12.8. The molecule has 2 bridgehead atoms. The molecule has 4 saturated heterocycles. The van der Waals surface area contributed by atoms with Crippen LogP contribution in [0.25, 0.3) is 0 Å². The molecule has 1 aliphatic carbocycles. The van der Waals surface area contributed by atoms with Gasteiger partial charge in [0.25, 0.3) is 0 Å². The van der Waals surface area contributed by atoms with Crippen LogP contribution >= 0.6 is 0 Å². The number of ether oxygens (including phenoxy) is 3. The zero-order chi connectivity index (χ0) is 27.1. The highest BCUT2D eigenvalue weighted by Gasteiger charge is 2.69. The topological polar surface area (TPSA) is 130 Å². The first-order valence-corrected chi connectivity index (χ1v) is 13.6. The third-order valence-corrected chi connectivity index (χ3v) is 8.82. The zero-order valence-corrected chi connectivity index (χ0v) is 22.1. The minimum absolute atomic E-state index is 0.0144. The number of aliphatic carboxylic acids is 1. The van der Waals surface area contributed by atoms with Crippen molar-refractivity contribution in [3.8, 4) is 0 Å². The van der Waals surface area contributed by atoms with Gasteiger partial charge in [-0.2, -0.15) is 0 Å². The van der Waals surface area contributed by atoms with E-state index in [0.29, 0.717) is 12.3 Å². The summed E-state index contributed by atoms with van der Waals surface area (Å²) in [5.41, 5.74) is 0.0401. The number of carboxylic acids is 1. The lowest BCUT2D eigenvalue weighted by Gasteiger charge is -2.59. The molecule has 3 unspecified atom stereocenters. The number of carbonyl (C=O) groups is 3. The van der Waals surface area contributed by atoms with E-state index in [-0.39, 0.29) is 37.0 Å². The van der Waals surface area contributed by atoms with E-state index < -0.39 is 47.9 Å². The van der Waals surface area contributed by atoms with Gasteiger partial charge in [0.1, 0.15) is 6.04 Å². The van der Waals surface area contributed by atoms with Crippen LogP contribution in [-0.2, 0) is 44.8 Å². The minimum atomic E-state index is -1.14. The summed E-state index contributed by atoms with van der Waals surface area (Å²) in [6.45, 7) is 6.05. The zero-order valence-electron chi connectivity index (χ0n) is 22.1. The van der Waals surface area contributed by atoms with Crippen LogP contribution in [-0.4, -0.2) is 53.0 Å². The Bertz CT molecular complexity index is 1050. The van der Waals surface area contributed by atoms with Crippen LogP contribution in [0, 0.1) is 23.7 Å². The number of rotatable bonds is 8. The minimum Gasteiger partial charge on any atom is -0.480 e. The molecule has 4 heterocycles. The quantitative estimate of drug-likeness (QED) is 0.383. The summed E-state index contributed by atoms with van der Waals surface area (Å²) >= 11 is 0. The third kappa shape index (κ3) is 5.06. The van der Waals surface area contributed by atoms with Gasteiger partial charge < -0.3 is 24.6 Å². The third-order valence-electron chi connectivity index (χ3n) is 8.82. The summed E-state index contributed by atoms with van der Waals surface area (Å²) in [7, 11) is 0. The van der Waals surface area contributed by atoms with Gasteiger partial charge in [-0.15, -0.1) is 0 Å². The molecule has 5 aliphatic rings. The fourth-order valence-electron chi connectivity index (χ4n) is 6.73. The van der Waals surface area contributed by atoms with Crippen LogP contribution in [0.1, 0.15) is 64.9 Å². The molecule has 5 fully saturated rings. The molecule has 1 spiro atoms. The molecule has 0 aromatic heterocycles. The number of carbonyl (C=O) groups excluding carboxylic acids is 2. The molecule has 1 aromatic carbocycles. The fraction of sp³-hybridized carbons (Fsp3) is 0.679. The summed E-state index contributed by atoms with van der Waals surface area (Å²) < 4.78 is 18.2. The highest BCUT2D eigenvalue weighted by molar-refractivity contribution is 5.86.